The van der Waals surface area contributed by atoms with Gasteiger partial charge in [-0.15, -0.1) is 0 Å². The van der Waals surface area contributed by atoms with Crippen LogP contribution in [0.25, 0.3) is 22.3 Å². The summed E-state index contributed by atoms with van der Waals surface area (Å²) in [6.07, 6.45) is 1.13. The molecular weight excluding hydrogens is 722 g/mol. The number of methoxy groups -OCH3 is 1. The zero-order valence-electron chi connectivity index (χ0n) is 31.1. The van der Waals surface area contributed by atoms with Crippen molar-refractivity contribution in [3.8, 4) is 33.8 Å². The second-order valence-electron chi connectivity index (χ2n) is 14.0. The van der Waals surface area contributed by atoms with Gasteiger partial charge >= 0.3 is 5.97 Å². The third-order valence-corrected chi connectivity index (χ3v) is 10.3. The highest BCUT2D eigenvalue weighted by Crippen LogP contribution is 2.39. The monoisotopic (exact) mass is 767 g/mol. The lowest BCUT2D eigenvalue weighted by atomic mass is 9.88. The summed E-state index contributed by atoms with van der Waals surface area (Å²) >= 11 is 6.04. The summed E-state index contributed by atoms with van der Waals surface area (Å²) < 4.78 is 4.94. The van der Waals surface area contributed by atoms with Gasteiger partial charge in [-0.05, 0) is 78.0 Å². The number of nitrogens with zero attached hydrogens (tertiary/aromatic N) is 1. The molecule has 4 aromatic rings. The molecule has 0 saturated heterocycles. The van der Waals surface area contributed by atoms with Gasteiger partial charge in [0.05, 0.1) is 7.11 Å². The molecule has 1 aliphatic rings. The molecule has 5 rings (SSSR count). The minimum absolute atomic E-state index is 0.0173. The molecule has 0 radical (unpaired) electrons. The van der Waals surface area contributed by atoms with Crippen molar-refractivity contribution in [1.82, 2.24) is 10.2 Å². The Labute approximate surface area is 325 Å². The van der Waals surface area contributed by atoms with Crippen molar-refractivity contribution >= 4 is 41.0 Å². The van der Waals surface area contributed by atoms with Gasteiger partial charge in [-0.25, -0.2) is 4.79 Å². The normalized spacial score (nSPS) is 17.7. The molecule has 11 nitrogen and oxygen atoms in total. The van der Waals surface area contributed by atoms with Crippen LogP contribution in [0.4, 0.5) is 0 Å². The van der Waals surface area contributed by atoms with Crippen LogP contribution in [0.5, 0.6) is 11.5 Å². The zero-order valence-corrected chi connectivity index (χ0v) is 31.8. The van der Waals surface area contributed by atoms with E-state index in [1.165, 1.54) is 43.3 Å². The van der Waals surface area contributed by atoms with Crippen molar-refractivity contribution in [1.29, 1.82) is 0 Å². The zero-order chi connectivity index (χ0) is 39.8. The number of nitrogens with two attached hydrogens (primary N) is 1. The highest BCUT2D eigenvalue weighted by atomic mass is 35.5. The Bertz CT molecular complexity index is 2050. The quantitative estimate of drug-likeness (QED) is 0.0763. The molecule has 0 spiro atoms. The van der Waals surface area contributed by atoms with Gasteiger partial charge < -0.3 is 30.9 Å². The lowest BCUT2D eigenvalue weighted by molar-refractivity contribution is -0.146. The summed E-state index contributed by atoms with van der Waals surface area (Å²) in [6, 6.07) is 21.1. The van der Waals surface area contributed by atoms with Crippen LogP contribution in [0.3, 0.4) is 0 Å². The standard InChI is InChI=1S/C43H46ClN3O8/c1-25-20-39(51)40(30-14-18-37(49)34(23-30)33-21-26(7-17-36(33)48)22-35(43(54)55-3)46-41(25)52)47(2)42(53)31(6-4-5-19-45)24-38(50)29-10-8-27(9-11-29)28-12-15-32(44)16-13-28/h7-18,21,23,25,31,35,40,48-49H,4-6,19-20,22,24,45H2,1-3H3,(H,46,52)/t25-,31-,35+,40+/m1/s1. The van der Waals surface area contributed by atoms with Crippen LogP contribution in [0, 0.1) is 11.8 Å². The van der Waals surface area contributed by atoms with Crippen LogP contribution in [-0.4, -0.2) is 71.2 Å². The number of phenolic OH excluding ortho intramolecular Hbond substituents is 2. The van der Waals surface area contributed by atoms with Crippen molar-refractivity contribution < 1.29 is 38.9 Å². The third kappa shape index (κ3) is 9.78. The number of phenols is 2. The van der Waals surface area contributed by atoms with Crippen molar-refractivity contribution in [3.05, 3.63) is 107 Å². The molecule has 5 N–H and O–H groups in total. The number of unbranched alkanes of at least 4 members (excludes halogenated alkanes) is 1. The fourth-order valence-corrected chi connectivity index (χ4v) is 7.10. The van der Waals surface area contributed by atoms with Crippen molar-refractivity contribution in [3.63, 3.8) is 0 Å². The molecule has 0 saturated carbocycles. The molecule has 0 unspecified atom stereocenters. The highest BCUT2D eigenvalue weighted by Gasteiger charge is 2.36. The molecule has 4 atom stereocenters. The fraction of sp³-hybridized carbons (Fsp3) is 0.326. The number of ketones is 2. The molecule has 0 fully saturated rings. The molecule has 288 valence electrons. The number of amides is 2. The SMILES string of the molecule is COC(=O)[C@@H]1Cc2ccc(O)c(c2)-c2cc(ccc2O)[C@H](N(C)C(=O)[C@H](CCCCN)CC(=O)c2ccc(-c3ccc(Cl)cc3)cc2)C(=O)C[C@@H](C)C(=O)N1. The Balaban J connectivity index is 1.50. The van der Waals surface area contributed by atoms with Crippen molar-refractivity contribution in [2.45, 2.75) is 57.5 Å². The van der Waals surface area contributed by atoms with E-state index >= 15 is 0 Å². The molecule has 1 aliphatic heterocycles. The molecule has 1 heterocycles. The Hall–Kier alpha value is -5.52. The van der Waals surface area contributed by atoms with Gasteiger partial charge in [0, 0.05) is 59.9 Å². The summed E-state index contributed by atoms with van der Waals surface area (Å²) in [6.45, 7) is 1.96. The number of aromatic hydroxyl groups is 2. The van der Waals surface area contributed by atoms with E-state index in [1.54, 1.807) is 43.3 Å². The minimum atomic E-state index is -1.24. The van der Waals surface area contributed by atoms with Gasteiger partial charge in [0.1, 0.15) is 23.6 Å². The molecule has 12 heteroatoms. The Kier molecular flexibility index (Phi) is 13.5. The fourth-order valence-electron chi connectivity index (χ4n) is 6.98. The van der Waals surface area contributed by atoms with Gasteiger partial charge in [0.2, 0.25) is 11.8 Å². The summed E-state index contributed by atoms with van der Waals surface area (Å²) in [5.41, 5.74) is 9.34. The van der Waals surface area contributed by atoms with Crippen molar-refractivity contribution in [2.75, 3.05) is 20.7 Å². The first-order chi connectivity index (χ1) is 26.3. The largest absolute Gasteiger partial charge is 0.507 e. The number of fused-ring (bicyclic) bond motifs is 5. The van der Waals surface area contributed by atoms with E-state index in [1.807, 2.05) is 24.3 Å². The summed E-state index contributed by atoms with van der Waals surface area (Å²) in [7, 11) is 2.68. The van der Waals surface area contributed by atoms with E-state index in [0.29, 0.717) is 47.5 Å². The highest BCUT2D eigenvalue weighted by molar-refractivity contribution is 6.30. The number of esters is 1. The average molecular weight is 768 g/mol. The lowest BCUT2D eigenvalue weighted by Gasteiger charge is -2.32. The summed E-state index contributed by atoms with van der Waals surface area (Å²) in [4.78, 5) is 70.0. The second-order valence-corrected chi connectivity index (χ2v) is 14.5. The maximum absolute atomic E-state index is 14.5. The van der Waals surface area contributed by atoms with Crippen LogP contribution >= 0.6 is 11.6 Å². The van der Waals surface area contributed by atoms with E-state index in [4.69, 9.17) is 22.1 Å². The minimum Gasteiger partial charge on any atom is -0.507 e. The summed E-state index contributed by atoms with van der Waals surface area (Å²) in [5, 5.41) is 25.2. The lowest BCUT2D eigenvalue weighted by Crippen LogP contribution is -2.46. The van der Waals surface area contributed by atoms with E-state index in [2.05, 4.69) is 5.32 Å². The van der Waals surface area contributed by atoms with Crippen LogP contribution in [-0.2, 0) is 30.3 Å². The van der Waals surface area contributed by atoms with Gasteiger partial charge in [-0.3, -0.25) is 19.2 Å². The van der Waals surface area contributed by atoms with Gasteiger partial charge in [-0.2, -0.15) is 0 Å². The maximum atomic E-state index is 14.5. The van der Waals surface area contributed by atoms with E-state index in [-0.39, 0.29) is 47.7 Å². The number of benzene rings is 4. The van der Waals surface area contributed by atoms with E-state index < -0.39 is 47.5 Å². The molecule has 4 aromatic carbocycles. The summed E-state index contributed by atoms with van der Waals surface area (Å²) in [5.74, 6) is -4.52. The number of carbonyl (C=O) groups is 5. The number of nitrogens with one attached hydrogen (secondary N) is 1. The first-order valence-corrected chi connectivity index (χ1v) is 18.6. The van der Waals surface area contributed by atoms with Gasteiger partial charge in [0.25, 0.3) is 0 Å². The number of hydrogen-bond donors (Lipinski definition) is 4. The Morgan fingerprint density at radius 1 is 0.891 bits per heavy atom. The van der Waals surface area contributed by atoms with Crippen LogP contribution < -0.4 is 11.1 Å². The number of rotatable bonds is 11. The van der Waals surface area contributed by atoms with Crippen LogP contribution in [0.2, 0.25) is 5.02 Å². The number of Topliss-reactive ketones (excluding diaryl/α,β-unsaturated/α-hetero) is 2. The predicted molar refractivity (Wildman–Crippen MR) is 209 cm³/mol. The van der Waals surface area contributed by atoms with Crippen LogP contribution in [0.1, 0.15) is 66.6 Å². The predicted octanol–water partition coefficient (Wildman–Crippen LogP) is 6.41. The topological polar surface area (TPSA) is 176 Å². The molecule has 0 aliphatic carbocycles. The number of ether oxygens (including phenoxy) is 1. The third-order valence-electron chi connectivity index (χ3n) is 10.1. The first-order valence-electron chi connectivity index (χ1n) is 18.2. The first kappa shape index (κ1) is 40.7. The Morgan fingerprint density at radius 2 is 1.51 bits per heavy atom. The molecule has 55 heavy (non-hydrogen) atoms. The van der Waals surface area contributed by atoms with E-state index in [0.717, 1.165) is 11.1 Å². The molecule has 2 amide bonds. The average Bonchev–Trinajstić information content (AvgIpc) is 3.18. The van der Waals surface area contributed by atoms with E-state index in [9.17, 15) is 34.2 Å². The second kappa shape index (κ2) is 18.2. The molecular formula is C43H46ClN3O8. The number of halogens is 1. The van der Waals surface area contributed by atoms with Gasteiger partial charge in [-0.1, -0.05) is 73.5 Å². The number of likely N-dealkylation sites (N-methyl/N-ethyl adjacent to an activating group) is 1. The molecule has 4 bridgehead atoms. The van der Waals surface area contributed by atoms with Crippen molar-refractivity contribution in [2.24, 2.45) is 17.6 Å². The Morgan fingerprint density at radius 3 is 2.15 bits per heavy atom. The smallest absolute Gasteiger partial charge is 0.328 e. The number of carbonyl (C=O) groups excluding carboxylic acids is 5. The maximum Gasteiger partial charge on any atom is 0.328 e. The number of hydrogen-bond acceptors (Lipinski definition) is 9. The van der Waals surface area contributed by atoms with Crippen LogP contribution in [0.15, 0.2) is 84.9 Å². The molecule has 0 aromatic heterocycles. The van der Waals surface area contributed by atoms with Gasteiger partial charge in [0.15, 0.2) is 11.6 Å².